The number of carboxylic acids is 1. The van der Waals surface area contributed by atoms with E-state index in [0.29, 0.717) is 0 Å². The standard InChI is InChI=1S/C11H13FO3/c1-7(2)11(15,10(13)14)8-3-5-9(12)6-4-8/h3-7,15H,1-2H3,(H,13,14). The molecule has 1 rings (SSSR count). The summed E-state index contributed by atoms with van der Waals surface area (Å²) in [5, 5.41) is 19.0. The normalized spacial score (nSPS) is 15.0. The van der Waals surface area contributed by atoms with Crippen LogP contribution in [0.25, 0.3) is 0 Å². The third-order valence-corrected chi connectivity index (χ3v) is 2.45. The van der Waals surface area contributed by atoms with Crippen LogP contribution in [0.5, 0.6) is 0 Å². The Morgan fingerprint density at radius 3 is 2.13 bits per heavy atom. The van der Waals surface area contributed by atoms with Gasteiger partial charge < -0.3 is 10.2 Å². The van der Waals surface area contributed by atoms with Gasteiger partial charge in [0.2, 0.25) is 0 Å². The van der Waals surface area contributed by atoms with Gasteiger partial charge >= 0.3 is 5.97 Å². The predicted molar refractivity (Wildman–Crippen MR) is 52.8 cm³/mol. The van der Waals surface area contributed by atoms with Crippen LogP contribution in [0.15, 0.2) is 24.3 Å². The van der Waals surface area contributed by atoms with E-state index in [1.54, 1.807) is 13.8 Å². The van der Waals surface area contributed by atoms with E-state index in [1.807, 2.05) is 0 Å². The number of rotatable bonds is 3. The molecular formula is C11H13FO3. The van der Waals surface area contributed by atoms with Gasteiger partial charge in [-0.15, -0.1) is 0 Å². The van der Waals surface area contributed by atoms with E-state index in [9.17, 15) is 14.3 Å². The second kappa shape index (κ2) is 3.98. The molecule has 0 spiro atoms. The van der Waals surface area contributed by atoms with Crippen LogP contribution in [-0.2, 0) is 10.4 Å². The Morgan fingerprint density at radius 2 is 1.80 bits per heavy atom. The molecule has 0 bridgehead atoms. The molecule has 4 heteroatoms. The second-order valence-electron chi connectivity index (χ2n) is 3.73. The van der Waals surface area contributed by atoms with E-state index in [-0.39, 0.29) is 5.56 Å². The zero-order valence-corrected chi connectivity index (χ0v) is 8.57. The molecule has 0 fully saturated rings. The number of carboxylic acid groups (broad SMARTS) is 1. The van der Waals surface area contributed by atoms with Gasteiger partial charge in [-0.1, -0.05) is 26.0 Å². The van der Waals surface area contributed by atoms with E-state index in [1.165, 1.54) is 12.1 Å². The number of halogens is 1. The summed E-state index contributed by atoms with van der Waals surface area (Å²) in [6, 6.07) is 4.82. The molecule has 0 amide bonds. The molecule has 1 unspecified atom stereocenters. The van der Waals surface area contributed by atoms with Crippen LogP contribution in [0.3, 0.4) is 0 Å². The van der Waals surface area contributed by atoms with Crippen molar-refractivity contribution in [2.45, 2.75) is 19.4 Å². The van der Waals surface area contributed by atoms with Crippen LogP contribution in [-0.4, -0.2) is 16.2 Å². The van der Waals surface area contributed by atoms with E-state index < -0.39 is 23.3 Å². The summed E-state index contributed by atoms with van der Waals surface area (Å²) in [5.74, 6) is -2.29. The maximum absolute atomic E-state index is 12.6. The SMILES string of the molecule is CC(C)C(O)(C(=O)O)c1ccc(F)cc1. The summed E-state index contributed by atoms with van der Waals surface area (Å²) >= 11 is 0. The molecule has 0 saturated heterocycles. The lowest BCUT2D eigenvalue weighted by Crippen LogP contribution is -2.40. The van der Waals surface area contributed by atoms with Gasteiger partial charge in [0.15, 0.2) is 5.60 Å². The minimum atomic E-state index is -1.96. The number of hydrogen-bond donors (Lipinski definition) is 2. The average Bonchev–Trinajstić information content (AvgIpc) is 2.17. The van der Waals surface area contributed by atoms with Gasteiger partial charge in [0, 0.05) is 0 Å². The third-order valence-electron chi connectivity index (χ3n) is 2.45. The fraction of sp³-hybridized carbons (Fsp3) is 0.364. The fourth-order valence-electron chi connectivity index (χ4n) is 1.41. The van der Waals surface area contributed by atoms with Crippen LogP contribution in [0, 0.1) is 11.7 Å². The quantitative estimate of drug-likeness (QED) is 0.802. The van der Waals surface area contributed by atoms with Crippen molar-refractivity contribution in [1.29, 1.82) is 0 Å². The van der Waals surface area contributed by atoms with Crippen molar-refractivity contribution in [3.8, 4) is 0 Å². The molecule has 15 heavy (non-hydrogen) atoms. The maximum Gasteiger partial charge on any atom is 0.340 e. The minimum absolute atomic E-state index is 0.186. The second-order valence-corrected chi connectivity index (χ2v) is 3.73. The molecule has 1 atom stereocenters. The van der Waals surface area contributed by atoms with Crippen LogP contribution in [0.4, 0.5) is 4.39 Å². The molecule has 0 heterocycles. The molecule has 3 nitrogen and oxygen atoms in total. The highest BCUT2D eigenvalue weighted by atomic mass is 19.1. The zero-order valence-electron chi connectivity index (χ0n) is 8.57. The lowest BCUT2D eigenvalue weighted by molar-refractivity contribution is -0.165. The largest absolute Gasteiger partial charge is 0.479 e. The number of hydrogen-bond acceptors (Lipinski definition) is 2. The molecule has 0 aliphatic carbocycles. The smallest absolute Gasteiger partial charge is 0.340 e. The topological polar surface area (TPSA) is 57.5 Å². The van der Waals surface area contributed by atoms with Gasteiger partial charge in [0.25, 0.3) is 0 Å². The van der Waals surface area contributed by atoms with Crippen LogP contribution in [0.1, 0.15) is 19.4 Å². The Bertz CT molecular complexity index is 359. The molecular weight excluding hydrogens is 199 g/mol. The summed E-state index contributed by atoms with van der Waals surface area (Å²) in [5.41, 5.74) is -1.78. The monoisotopic (exact) mass is 212 g/mol. The molecule has 0 aromatic heterocycles. The lowest BCUT2D eigenvalue weighted by Gasteiger charge is -2.27. The molecule has 1 aromatic carbocycles. The number of aliphatic carboxylic acids is 1. The first-order valence-corrected chi connectivity index (χ1v) is 4.61. The summed E-state index contributed by atoms with van der Waals surface area (Å²) in [6.45, 7) is 3.19. The number of aliphatic hydroxyl groups is 1. The summed E-state index contributed by atoms with van der Waals surface area (Å²) in [7, 11) is 0. The van der Waals surface area contributed by atoms with E-state index in [0.717, 1.165) is 12.1 Å². The highest BCUT2D eigenvalue weighted by Gasteiger charge is 2.41. The van der Waals surface area contributed by atoms with Gasteiger partial charge in [-0.3, -0.25) is 0 Å². The minimum Gasteiger partial charge on any atom is -0.479 e. The summed E-state index contributed by atoms with van der Waals surface area (Å²) < 4.78 is 12.6. The first-order chi connectivity index (χ1) is 6.89. The number of benzene rings is 1. The highest BCUT2D eigenvalue weighted by molar-refractivity contribution is 5.79. The molecule has 2 N–H and O–H groups in total. The Kier molecular flexibility index (Phi) is 3.09. The Balaban J connectivity index is 3.22. The highest BCUT2D eigenvalue weighted by Crippen LogP contribution is 2.29. The van der Waals surface area contributed by atoms with Gasteiger partial charge in [-0.2, -0.15) is 0 Å². The van der Waals surface area contributed by atoms with E-state index in [2.05, 4.69) is 0 Å². The molecule has 0 aliphatic heterocycles. The third kappa shape index (κ3) is 1.99. The summed E-state index contributed by atoms with van der Waals surface area (Å²) in [4.78, 5) is 11.0. The van der Waals surface area contributed by atoms with Gasteiger partial charge in [0.1, 0.15) is 5.82 Å². The molecule has 82 valence electrons. The summed E-state index contributed by atoms with van der Waals surface area (Å²) in [6.07, 6.45) is 0. The first-order valence-electron chi connectivity index (χ1n) is 4.61. The van der Waals surface area contributed by atoms with Crippen molar-refractivity contribution in [2.24, 2.45) is 5.92 Å². The van der Waals surface area contributed by atoms with Crippen molar-refractivity contribution in [2.75, 3.05) is 0 Å². The molecule has 1 aromatic rings. The van der Waals surface area contributed by atoms with Crippen molar-refractivity contribution < 1.29 is 19.4 Å². The Hall–Kier alpha value is -1.42. The van der Waals surface area contributed by atoms with Crippen LogP contribution in [0.2, 0.25) is 0 Å². The Morgan fingerprint density at radius 1 is 1.33 bits per heavy atom. The van der Waals surface area contributed by atoms with Crippen LogP contribution < -0.4 is 0 Å². The van der Waals surface area contributed by atoms with Crippen LogP contribution >= 0.6 is 0 Å². The number of carbonyl (C=O) groups is 1. The van der Waals surface area contributed by atoms with Gasteiger partial charge in [-0.25, -0.2) is 9.18 Å². The predicted octanol–water partition coefficient (Wildman–Crippen LogP) is 1.75. The van der Waals surface area contributed by atoms with Gasteiger partial charge in [-0.05, 0) is 23.6 Å². The first kappa shape index (κ1) is 11.7. The Labute approximate surface area is 87.2 Å². The molecule has 0 saturated carbocycles. The van der Waals surface area contributed by atoms with Crippen molar-refractivity contribution in [1.82, 2.24) is 0 Å². The molecule has 0 radical (unpaired) electrons. The van der Waals surface area contributed by atoms with Crippen molar-refractivity contribution in [3.63, 3.8) is 0 Å². The van der Waals surface area contributed by atoms with Crippen molar-refractivity contribution in [3.05, 3.63) is 35.6 Å². The van der Waals surface area contributed by atoms with E-state index in [4.69, 9.17) is 5.11 Å². The van der Waals surface area contributed by atoms with E-state index >= 15 is 0 Å². The zero-order chi connectivity index (χ0) is 11.6. The van der Waals surface area contributed by atoms with Crippen molar-refractivity contribution >= 4 is 5.97 Å². The molecule has 0 aliphatic rings. The fourth-order valence-corrected chi connectivity index (χ4v) is 1.41. The average molecular weight is 212 g/mol. The maximum atomic E-state index is 12.6. The van der Waals surface area contributed by atoms with Gasteiger partial charge in [0.05, 0.1) is 0 Å². The lowest BCUT2D eigenvalue weighted by atomic mass is 9.83.